The van der Waals surface area contributed by atoms with E-state index in [1.165, 1.54) is 36.4 Å². The average molecular weight is 986 g/mol. The average Bonchev–Trinajstić information content (AvgIpc) is 3.17. The van der Waals surface area contributed by atoms with Gasteiger partial charge in [0.15, 0.2) is 0 Å². The molecule has 0 heterocycles. The summed E-state index contributed by atoms with van der Waals surface area (Å²) in [6.45, 7) is 0. The van der Waals surface area contributed by atoms with Crippen LogP contribution in [0.3, 0.4) is 0 Å². The summed E-state index contributed by atoms with van der Waals surface area (Å²) in [5, 5.41) is 83.1. The van der Waals surface area contributed by atoms with E-state index in [0.717, 1.165) is 12.1 Å². The molecule has 0 fully saturated rings. The predicted octanol–water partition coefficient (Wildman–Crippen LogP) is -3.04. The molecule has 0 spiro atoms. The van der Waals surface area contributed by atoms with Crippen LogP contribution in [-0.4, -0.2) is 45.6 Å². The Morgan fingerprint density at radius 3 is 1.02 bits per heavy atom. The minimum atomic E-state index is -4.69. The van der Waals surface area contributed by atoms with Crippen LogP contribution in [0.25, 0.3) is 21.5 Å². The van der Waals surface area contributed by atoms with Crippen LogP contribution in [0.4, 0.5) is 56.9 Å². The van der Waals surface area contributed by atoms with Crippen molar-refractivity contribution in [3.63, 3.8) is 0 Å². The van der Waals surface area contributed by atoms with Crippen molar-refractivity contribution in [1.29, 1.82) is 0 Å². The summed E-state index contributed by atoms with van der Waals surface area (Å²) < 4.78 is 65.9. The predicted molar refractivity (Wildman–Crippen MR) is 203 cm³/mol. The Hall–Kier alpha value is -4.81. The molecule has 0 atom stereocenters. The van der Waals surface area contributed by atoms with Gasteiger partial charge in [-0.1, -0.05) is 48.5 Å². The number of rotatable bonds is 10. The number of fused-ring (bicyclic) bond motifs is 2. The smallest absolute Gasteiger partial charge is 0.866 e. The van der Waals surface area contributed by atoms with E-state index in [1.54, 1.807) is 12.1 Å². The molecule has 0 amide bonds. The maximum Gasteiger partial charge on any atom is 1.00 e. The van der Waals surface area contributed by atoms with E-state index in [2.05, 4.69) is 20.5 Å². The van der Waals surface area contributed by atoms with Crippen LogP contribution in [0.2, 0.25) is 0 Å². The van der Waals surface area contributed by atoms with E-state index < -0.39 is 95.3 Å². The van der Waals surface area contributed by atoms with Crippen LogP contribution >= 0.6 is 0 Å². The topological polar surface area (TPSA) is 429 Å². The van der Waals surface area contributed by atoms with Crippen molar-refractivity contribution in [2.24, 2.45) is 20.5 Å². The third-order valence-corrected chi connectivity index (χ3v) is 9.81. The van der Waals surface area contributed by atoms with Crippen molar-refractivity contribution >= 4 is 98.7 Å². The molecular formula is C32H20CrN10Na3O16S2+. The molecule has 0 saturated carbocycles. The molecule has 6 aromatic carbocycles. The van der Waals surface area contributed by atoms with Gasteiger partial charge in [0.2, 0.25) is 0 Å². The second-order valence-electron chi connectivity index (χ2n) is 11.7. The SMILES string of the molecule is Nc1c(N=Nc2cc([N+](=O)[O-])cc([N+](=O)[O-])c2[O-])cc(S(=O)(=O)O)c2ccccc12.Nc1c(N=Nc2cc([N+](=O)[O-])cc([N+](=O)[O-])c2[O-])cc(S(=O)(=O)O)c2ccccc12.[Cr].[Na+].[Na+].[Na+]. The Labute approximate surface area is 434 Å². The van der Waals surface area contributed by atoms with Gasteiger partial charge in [-0.3, -0.25) is 49.6 Å². The Balaban J connectivity index is 0.000000602. The number of benzene rings is 6. The number of nitro groups is 4. The van der Waals surface area contributed by atoms with Gasteiger partial charge >= 0.3 is 88.7 Å². The molecule has 32 heteroatoms. The minimum absolute atomic E-state index is 0. The molecule has 64 heavy (non-hydrogen) atoms. The number of nitrogens with zero attached hydrogens (tertiary/aromatic N) is 8. The van der Waals surface area contributed by atoms with E-state index >= 15 is 0 Å². The second kappa shape index (κ2) is 22.9. The molecule has 314 valence electrons. The van der Waals surface area contributed by atoms with Gasteiger partial charge < -0.3 is 21.7 Å². The van der Waals surface area contributed by atoms with Crippen LogP contribution in [0.15, 0.2) is 115 Å². The van der Waals surface area contributed by atoms with Gasteiger partial charge in [-0.05, 0) is 12.1 Å². The van der Waals surface area contributed by atoms with Gasteiger partial charge in [0.05, 0.1) is 54.6 Å². The molecule has 26 nitrogen and oxygen atoms in total. The number of nitrogens with two attached hydrogens (primary N) is 2. The second-order valence-corrected chi connectivity index (χ2v) is 14.5. The van der Waals surface area contributed by atoms with Gasteiger partial charge in [-0.2, -0.15) is 27.1 Å². The van der Waals surface area contributed by atoms with Gasteiger partial charge in [0.1, 0.15) is 21.2 Å². The fraction of sp³-hybridized carbons (Fsp3) is 0. The first-order valence-electron chi connectivity index (χ1n) is 15.7. The Kier molecular flexibility index (Phi) is 20.5. The molecule has 0 aliphatic carbocycles. The summed E-state index contributed by atoms with van der Waals surface area (Å²) in [6, 6.07) is 16.0. The van der Waals surface area contributed by atoms with E-state index in [4.69, 9.17) is 11.5 Å². The zero-order valence-electron chi connectivity index (χ0n) is 32.6. The monoisotopic (exact) mass is 985 g/mol. The van der Waals surface area contributed by atoms with Crippen LogP contribution < -0.4 is 110 Å². The maximum absolute atomic E-state index is 12.1. The van der Waals surface area contributed by atoms with Crippen molar-refractivity contribution in [2.75, 3.05) is 11.5 Å². The van der Waals surface area contributed by atoms with Crippen molar-refractivity contribution < 1.29 is 162 Å². The number of non-ortho nitro benzene ring substituents is 2. The molecule has 6 N–H and O–H groups in total. The third-order valence-electron chi connectivity index (χ3n) is 8.02. The zero-order valence-corrected chi connectivity index (χ0v) is 41.6. The molecule has 0 saturated heterocycles. The van der Waals surface area contributed by atoms with Crippen LogP contribution in [0.5, 0.6) is 11.5 Å². The summed E-state index contributed by atoms with van der Waals surface area (Å²) in [4.78, 5) is 38.7. The summed E-state index contributed by atoms with van der Waals surface area (Å²) >= 11 is 0. The van der Waals surface area contributed by atoms with Gasteiger partial charge in [-0.25, -0.2) is 0 Å². The largest absolute Gasteiger partial charge is 1.00 e. The summed E-state index contributed by atoms with van der Waals surface area (Å²) in [5.41, 5.74) is 6.10. The molecule has 0 aromatic heterocycles. The summed E-state index contributed by atoms with van der Waals surface area (Å²) in [5.74, 6) is -2.47. The van der Waals surface area contributed by atoms with Crippen molar-refractivity contribution in [1.82, 2.24) is 0 Å². The first-order chi connectivity index (χ1) is 28.0. The van der Waals surface area contributed by atoms with E-state index in [1.807, 2.05) is 0 Å². The first-order valence-corrected chi connectivity index (χ1v) is 18.6. The van der Waals surface area contributed by atoms with Crippen molar-refractivity contribution in [3.05, 3.63) is 125 Å². The van der Waals surface area contributed by atoms with Crippen molar-refractivity contribution in [3.8, 4) is 11.5 Å². The molecule has 6 rings (SSSR count). The van der Waals surface area contributed by atoms with E-state index in [9.17, 15) is 76.6 Å². The number of hydrogen-bond acceptors (Lipinski definition) is 20. The van der Waals surface area contributed by atoms with Crippen LogP contribution in [-0.2, 0) is 37.6 Å². The number of azo groups is 2. The fourth-order valence-electron chi connectivity index (χ4n) is 5.31. The molecular weight excluding hydrogens is 966 g/mol. The molecule has 0 aliphatic heterocycles. The standard InChI is InChI=1S/2C16H11N5O8S.Cr.3Na/c2*17-15-10-4-2-1-3-9(10)14(30(27,28)29)7-11(15)18-19-12-5-8(20(23)24)6-13(16(12)22)21(25)26;;;;/h2*1-7,22H,17H2,(H,27,28,29);;;;/q;;;3*+1/p-2. The van der Waals surface area contributed by atoms with Gasteiger partial charge in [0, 0.05) is 62.5 Å². The quantitative estimate of drug-likeness (QED) is 0.0265. The summed E-state index contributed by atoms with van der Waals surface area (Å²) in [7, 11) is -9.39. The number of nitrogen functional groups attached to an aromatic ring is 2. The van der Waals surface area contributed by atoms with E-state index in [0.29, 0.717) is 24.3 Å². The first kappa shape index (κ1) is 57.2. The third kappa shape index (κ3) is 12.7. The molecule has 0 radical (unpaired) electrons. The Bertz CT molecular complexity index is 2940. The van der Waals surface area contributed by atoms with Gasteiger partial charge in [0.25, 0.3) is 43.0 Å². The molecule has 6 aromatic rings. The van der Waals surface area contributed by atoms with Gasteiger partial charge in [-0.15, -0.1) is 10.2 Å². The van der Waals surface area contributed by atoms with E-state index in [-0.39, 0.29) is 150 Å². The normalized spacial score (nSPS) is 11.0. The number of anilines is 2. The fourth-order valence-corrected chi connectivity index (χ4v) is 6.74. The zero-order chi connectivity index (χ0) is 44.4. The van der Waals surface area contributed by atoms with Crippen LogP contribution in [0, 0.1) is 40.5 Å². The number of hydrogen-bond donors (Lipinski definition) is 4. The summed E-state index contributed by atoms with van der Waals surface area (Å²) in [6.07, 6.45) is 0. The van der Waals surface area contributed by atoms with Crippen LogP contribution in [0.1, 0.15) is 0 Å². The minimum Gasteiger partial charge on any atom is -0.866 e. The molecule has 0 unspecified atom stereocenters. The molecule has 0 bridgehead atoms. The maximum atomic E-state index is 12.1. The Morgan fingerprint density at radius 2 is 0.750 bits per heavy atom. The molecule has 0 aliphatic rings. The van der Waals surface area contributed by atoms with Crippen molar-refractivity contribution in [2.45, 2.75) is 9.79 Å². The number of nitro benzene ring substituents is 4. The Morgan fingerprint density at radius 1 is 0.469 bits per heavy atom.